The Morgan fingerprint density at radius 3 is 2.52 bits per heavy atom. The number of sulfonamides is 1. The van der Waals surface area contributed by atoms with Gasteiger partial charge >= 0.3 is 306 Å². The van der Waals surface area contributed by atoms with Gasteiger partial charge in [0.1, 0.15) is 0 Å². The van der Waals surface area contributed by atoms with E-state index in [2.05, 4.69) is 4.99 Å². The van der Waals surface area contributed by atoms with Crippen LogP contribution >= 0.6 is 0 Å². The van der Waals surface area contributed by atoms with Crippen molar-refractivity contribution in [3.8, 4) is 23.4 Å². The van der Waals surface area contributed by atoms with Gasteiger partial charge < -0.3 is 4.74 Å². The summed E-state index contributed by atoms with van der Waals surface area (Å²) in [6.45, 7) is 3.98. The van der Waals surface area contributed by atoms with E-state index in [0.29, 0.717) is 40.8 Å². The predicted molar refractivity (Wildman–Crippen MR) is 199 cm³/mol. The van der Waals surface area contributed by atoms with E-state index >= 15 is 0 Å². The molecule has 3 aromatic rings. The molecule has 2 fully saturated rings. The summed E-state index contributed by atoms with van der Waals surface area (Å²) in [6.07, 6.45) is -0.0967. The van der Waals surface area contributed by atoms with Gasteiger partial charge in [-0.15, -0.1) is 0 Å². The zero-order valence-electron chi connectivity index (χ0n) is 30.1. The fourth-order valence-corrected chi connectivity index (χ4v) is 11.6. The molecule has 2 saturated heterocycles. The molecule has 3 heterocycles. The summed E-state index contributed by atoms with van der Waals surface area (Å²) in [7, 11) is -4.28. The van der Waals surface area contributed by atoms with E-state index in [1.165, 1.54) is 27.4 Å². The Balaban J connectivity index is 1.27. The molecule has 0 spiro atoms. The number of aliphatic imine (C=N–C) groups is 1. The van der Waals surface area contributed by atoms with Crippen molar-refractivity contribution in [2.45, 2.75) is 67.7 Å². The number of rotatable bonds is 16. The molecule has 2 N–H and O–H groups in total. The van der Waals surface area contributed by atoms with Gasteiger partial charge in [0.05, 0.1) is 6.61 Å². The number of benzene rings is 3. The molecule has 54 heavy (non-hydrogen) atoms. The first kappa shape index (κ1) is 39.5. The molecule has 6 rings (SSSR count). The number of hydrogen-bond acceptors (Lipinski definition) is 11. The van der Waals surface area contributed by atoms with Crippen molar-refractivity contribution in [3.05, 3.63) is 84.4 Å². The van der Waals surface area contributed by atoms with E-state index in [-0.39, 0.29) is 42.9 Å². The Kier molecular flexibility index (Phi) is 12.8. The summed E-state index contributed by atoms with van der Waals surface area (Å²) in [4.78, 5) is 18.2. The van der Waals surface area contributed by atoms with Gasteiger partial charge in [0.25, 0.3) is 0 Å². The second-order valence-electron chi connectivity index (χ2n) is 14.2. The first-order valence-corrected chi connectivity index (χ1v) is 21.7. The minimum atomic E-state index is -4.28. The maximum atomic E-state index is 14.6. The van der Waals surface area contributed by atoms with Gasteiger partial charge in [-0.2, -0.15) is 0 Å². The maximum absolute atomic E-state index is 14.6. The third kappa shape index (κ3) is 9.55. The average Bonchev–Trinajstić information content (AvgIpc) is 3.90. The van der Waals surface area contributed by atoms with Gasteiger partial charge in [-0.25, -0.2) is 0 Å². The number of amides is 1. The van der Waals surface area contributed by atoms with Crippen LogP contribution in [-0.2, 0) is 25.9 Å². The van der Waals surface area contributed by atoms with Gasteiger partial charge in [-0.3, -0.25) is 0 Å². The van der Waals surface area contributed by atoms with Crippen LogP contribution in [0.1, 0.15) is 32.3 Å². The van der Waals surface area contributed by atoms with Crippen LogP contribution in [0.25, 0.3) is 0 Å². The van der Waals surface area contributed by atoms with Crippen molar-refractivity contribution >= 4 is 36.6 Å². The van der Waals surface area contributed by atoms with Gasteiger partial charge in [-0.1, -0.05) is 6.07 Å². The molecule has 1 amide bonds. The number of nitriles is 1. The van der Waals surface area contributed by atoms with E-state index in [0.717, 1.165) is 5.56 Å². The molecule has 16 heteroatoms. The molecule has 1 unspecified atom stereocenters. The number of carboxylic acid groups (broad SMARTS) is 1. The molecular weight excluding hydrogens is 779 g/mol. The SMILES string of the molecule is CC(C)(CC[AsH]C(=NC#N)Oc1ccccc1)CN(C[C@@H](O)[C@H](Cc1ccccc1)N(C(=O)O)[C@H]1CO[C@H]2OCC[C@H]21)S(=O)(=O)c1ccc2c(c1)OCO2. The zero-order valence-corrected chi connectivity index (χ0v) is 33.0. The van der Waals surface area contributed by atoms with Gasteiger partial charge in [0.15, 0.2) is 0 Å². The third-order valence-corrected chi connectivity index (χ3v) is 13.8. The van der Waals surface area contributed by atoms with Crippen LogP contribution < -0.4 is 14.2 Å². The number of nitrogens with zero attached hydrogens (tertiary/aromatic N) is 4. The number of aliphatic hydroxyl groups is 1. The fraction of sp³-hybridized carbons (Fsp3) is 0.447. The summed E-state index contributed by atoms with van der Waals surface area (Å²) in [5.41, 5.74) is 0.153. The molecule has 0 aromatic heterocycles. The number of hydrogen-bond donors (Lipinski definition) is 2. The third-order valence-electron chi connectivity index (χ3n) is 9.84. The topological polar surface area (TPSA) is 180 Å². The first-order chi connectivity index (χ1) is 25.9. The van der Waals surface area contributed by atoms with E-state index in [1.54, 1.807) is 12.1 Å². The second kappa shape index (κ2) is 17.5. The molecule has 6 atom stereocenters. The summed E-state index contributed by atoms with van der Waals surface area (Å²) in [6, 6.07) is 21.1. The number of ether oxygens (including phenoxy) is 5. The van der Waals surface area contributed by atoms with E-state index < -0.39 is 68.3 Å². The molecular formula is C38H45AsN4O10S. The van der Waals surface area contributed by atoms with Crippen molar-refractivity contribution in [2.75, 3.05) is 33.1 Å². The van der Waals surface area contributed by atoms with Crippen LogP contribution in [0.15, 0.2) is 88.8 Å². The number of aliphatic hydroxyl groups excluding tert-OH is 1. The van der Waals surface area contributed by atoms with Gasteiger partial charge in [0.2, 0.25) is 0 Å². The van der Waals surface area contributed by atoms with Crippen molar-refractivity contribution < 1.29 is 47.1 Å². The first-order valence-electron chi connectivity index (χ1n) is 17.7. The molecule has 288 valence electrons. The zero-order chi connectivity index (χ0) is 38.3. The average molecular weight is 825 g/mol. The molecule has 0 aliphatic carbocycles. The quantitative estimate of drug-likeness (QED) is 0.0910. The normalized spacial score (nSPS) is 20.9. The minimum absolute atomic E-state index is 0.00648. The standard InChI is InChI=1S/C38H45AsN4O10S/c1-38(2,16-17-39-36(41-24-40)53-27-11-7-4-8-12-27)23-42(54(47,48)28-13-14-33-34(20-28)52-25-51-33)21-32(44)30(19-26-9-5-3-6-10-26)43(37(45)46)31-22-50-35-29(31)15-18-49-35/h3-14,20,29-32,35,39,44H,15-19,21-23,25H2,1-2H3,(H,45,46)/t29-,30-,31-,32+,35+/m0/s1. The van der Waals surface area contributed by atoms with Gasteiger partial charge in [-0.05, 0) is 0 Å². The molecule has 3 aromatic carbocycles. The molecule has 14 nitrogen and oxygen atoms in total. The molecule has 0 saturated carbocycles. The Labute approximate surface area is 322 Å². The predicted octanol–water partition coefficient (Wildman–Crippen LogP) is 4.31. The van der Waals surface area contributed by atoms with Crippen molar-refractivity contribution in [1.29, 1.82) is 5.26 Å². The van der Waals surface area contributed by atoms with Crippen LogP contribution in [0, 0.1) is 22.8 Å². The van der Waals surface area contributed by atoms with E-state index in [9.17, 15) is 28.7 Å². The van der Waals surface area contributed by atoms with Crippen molar-refractivity contribution in [2.24, 2.45) is 16.3 Å². The number of fused-ring (bicyclic) bond motifs is 2. The Bertz CT molecular complexity index is 1930. The van der Waals surface area contributed by atoms with Crippen LogP contribution in [0.3, 0.4) is 0 Å². The molecule has 3 aliphatic rings. The fourth-order valence-electron chi connectivity index (χ4n) is 7.11. The van der Waals surface area contributed by atoms with Crippen LogP contribution in [0.4, 0.5) is 4.79 Å². The Morgan fingerprint density at radius 2 is 1.80 bits per heavy atom. The number of para-hydroxylation sites is 1. The monoisotopic (exact) mass is 824 g/mol. The Morgan fingerprint density at radius 1 is 1.07 bits per heavy atom. The van der Waals surface area contributed by atoms with Crippen LogP contribution in [0.5, 0.6) is 17.2 Å². The Hall–Kier alpha value is -4.16. The molecule has 0 bridgehead atoms. The van der Waals surface area contributed by atoms with Crippen LogP contribution in [-0.4, -0.2) is 112 Å². The second-order valence-corrected chi connectivity index (χ2v) is 18.8. The van der Waals surface area contributed by atoms with E-state index in [1.807, 2.05) is 68.6 Å². The summed E-state index contributed by atoms with van der Waals surface area (Å²) < 4.78 is 59.1. The summed E-state index contributed by atoms with van der Waals surface area (Å²) in [5, 5.41) is 32.8. The van der Waals surface area contributed by atoms with Crippen LogP contribution in [0.2, 0.25) is 5.21 Å². The molecule has 3 aliphatic heterocycles. The van der Waals surface area contributed by atoms with Crippen molar-refractivity contribution in [3.63, 3.8) is 0 Å². The molecule has 0 radical (unpaired) electrons. The van der Waals surface area contributed by atoms with Crippen molar-refractivity contribution in [1.82, 2.24) is 9.21 Å². The number of carbonyl (C=O) groups is 1. The van der Waals surface area contributed by atoms with E-state index in [4.69, 9.17) is 23.7 Å². The van der Waals surface area contributed by atoms with Gasteiger partial charge in [0, 0.05) is 0 Å². The summed E-state index contributed by atoms with van der Waals surface area (Å²) >= 11 is -1.02. The summed E-state index contributed by atoms with van der Waals surface area (Å²) in [5.74, 6) is 1.07.